The first-order chi connectivity index (χ1) is 18.7. The quantitative estimate of drug-likeness (QED) is 0.130. The zero-order valence-electron chi connectivity index (χ0n) is 29.6. The third-order valence-corrected chi connectivity index (χ3v) is 17.0. The number of esters is 2. The van der Waals surface area contributed by atoms with Crippen molar-refractivity contribution in [3.05, 3.63) is 22.8 Å². The number of rotatable bonds is 12. The van der Waals surface area contributed by atoms with Gasteiger partial charge in [0.2, 0.25) is 0 Å². The van der Waals surface area contributed by atoms with Gasteiger partial charge in [-0.3, -0.25) is 0 Å². The Morgan fingerprint density at radius 1 is 0.571 bits per heavy atom. The minimum atomic E-state index is -1.93. The Labute approximate surface area is 258 Å². The monoisotopic (exact) mass is 624 g/mol. The van der Waals surface area contributed by atoms with Crippen molar-refractivity contribution in [1.29, 1.82) is 0 Å². The van der Waals surface area contributed by atoms with Crippen molar-refractivity contribution in [3.63, 3.8) is 0 Å². The van der Waals surface area contributed by atoms with Crippen LogP contribution in [0.3, 0.4) is 0 Å². The largest absolute Gasteiger partial charge is 0.455 e. The number of nitrogens with zero attached hydrogens (tertiary/aromatic N) is 2. The molecule has 0 saturated heterocycles. The van der Waals surface area contributed by atoms with Gasteiger partial charge in [-0.15, -0.1) is 0 Å². The zero-order chi connectivity index (χ0) is 32.9. The van der Waals surface area contributed by atoms with Gasteiger partial charge in [-0.1, -0.05) is 41.5 Å². The maximum atomic E-state index is 13.4. The smallest absolute Gasteiger partial charge is 0.359 e. The van der Waals surface area contributed by atoms with Crippen molar-refractivity contribution >= 4 is 28.6 Å². The maximum absolute atomic E-state index is 13.4. The summed E-state index contributed by atoms with van der Waals surface area (Å²) in [5.74, 6) is -1.10. The first-order valence-corrected chi connectivity index (χ1v) is 21.1. The Morgan fingerprint density at radius 3 is 1.10 bits per heavy atom. The topological polar surface area (TPSA) is 96.8 Å². The van der Waals surface area contributed by atoms with Gasteiger partial charge in [0.1, 0.15) is 11.2 Å². The fraction of sp³-hybridized carbons (Fsp3) is 0.812. The van der Waals surface area contributed by atoms with Crippen LogP contribution in [-0.2, 0) is 31.2 Å². The molecule has 0 spiro atoms. The number of hydrogen-bond donors (Lipinski definition) is 0. The highest BCUT2D eigenvalue weighted by Crippen LogP contribution is 2.37. The molecule has 0 saturated carbocycles. The van der Waals surface area contributed by atoms with Crippen LogP contribution in [0.2, 0.25) is 36.3 Å². The maximum Gasteiger partial charge on any atom is 0.359 e. The van der Waals surface area contributed by atoms with Crippen molar-refractivity contribution < 1.29 is 27.9 Å². The van der Waals surface area contributed by atoms with Gasteiger partial charge in [-0.05, 0) is 103 Å². The molecule has 0 atom stereocenters. The molecule has 1 heterocycles. The van der Waals surface area contributed by atoms with Crippen LogP contribution in [0.1, 0.15) is 128 Å². The van der Waals surface area contributed by atoms with Crippen LogP contribution >= 0.6 is 0 Å². The highest BCUT2D eigenvalue weighted by molar-refractivity contribution is 6.74. The Hall–Kier alpha value is -1.63. The van der Waals surface area contributed by atoms with Gasteiger partial charge in [0.25, 0.3) is 0 Å². The van der Waals surface area contributed by atoms with E-state index in [1.807, 2.05) is 41.5 Å². The molecule has 1 rings (SSSR count). The molecule has 1 aromatic rings. The normalized spacial score (nSPS) is 13.7. The summed E-state index contributed by atoms with van der Waals surface area (Å²) in [5.41, 5.74) is -0.282. The molecular formula is C32H60N2O6Si2. The van der Waals surface area contributed by atoms with Crippen LogP contribution in [-0.4, -0.2) is 63.0 Å². The van der Waals surface area contributed by atoms with E-state index in [1.54, 1.807) is 0 Å². The zero-order valence-corrected chi connectivity index (χ0v) is 31.6. The van der Waals surface area contributed by atoms with Crippen LogP contribution < -0.4 is 0 Å². The molecule has 0 N–H and O–H groups in total. The summed E-state index contributed by atoms with van der Waals surface area (Å²) in [6, 6.07) is 0. The molecule has 8 nitrogen and oxygen atoms in total. The second-order valence-electron chi connectivity index (χ2n) is 16.2. The number of carbonyl (C=O) groups is 2. The molecular weight excluding hydrogens is 565 g/mol. The van der Waals surface area contributed by atoms with Gasteiger partial charge >= 0.3 is 11.9 Å². The predicted molar refractivity (Wildman–Crippen MR) is 175 cm³/mol. The van der Waals surface area contributed by atoms with Crippen molar-refractivity contribution in [3.8, 4) is 0 Å². The number of aryl methyl sites for hydroxylation is 2. The molecule has 0 aliphatic heterocycles. The molecule has 0 bridgehead atoms. The van der Waals surface area contributed by atoms with Crippen molar-refractivity contribution in [1.82, 2.24) is 9.97 Å². The average Bonchev–Trinajstić information content (AvgIpc) is 2.75. The third kappa shape index (κ3) is 12.2. The number of ether oxygens (including phenoxy) is 2. The second-order valence-corrected chi connectivity index (χ2v) is 25.9. The van der Waals surface area contributed by atoms with Gasteiger partial charge in [-0.2, -0.15) is 0 Å². The van der Waals surface area contributed by atoms with Gasteiger partial charge in [-0.25, -0.2) is 19.6 Å². The van der Waals surface area contributed by atoms with Crippen LogP contribution in [0.15, 0.2) is 0 Å². The molecule has 242 valence electrons. The lowest BCUT2D eigenvalue weighted by molar-refractivity contribution is 0.00376. The molecule has 42 heavy (non-hydrogen) atoms. The molecule has 0 unspecified atom stereocenters. The van der Waals surface area contributed by atoms with Crippen LogP contribution in [0.25, 0.3) is 0 Å². The van der Waals surface area contributed by atoms with E-state index in [2.05, 4.69) is 67.7 Å². The first kappa shape index (κ1) is 38.4. The number of carbonyl (C=O) groups excluding carboxylic acids is 2. The van der Waals surface area contributed by atoms with Gasteiger partial charge in [0.15, 0.2) is 28.0 Å². The molecule has 0 fully saturated rings. The molecule has 1 aromatic heterocycles. The lowest BCUT2D eigenvalue weighted by Crippen LogP contribution is -2.41. The van der Waals surface area contributed by atoms with Gasteiger partial charge in [0, 0.05) is 13.2 Å². The fourth-order valence-corrected chi connectivity index (χ4v) is 5.58. The highest BCUT2D eigenvalue weighted by atomic mass is 28.4. The Bertz CT molecular complexity index is 989. The van der Waals surface area contributed by atoms with Gasteiger partial charge < -0.3 is 18.3 Å². The third-order valence-electron chi connectivity index (χ3n) is 7.88. The van der Waals surface area contributed by atoms with Crippen molar-refractivity contribution in [2.45, 2.75) is 156 Å². The lowest BCUT2D eigenvalue weighted by Gasteiger charge is -2.36. The Morgan fingerprint density at radius 2 is 0.857 bits per heavy atom. The van der Waals surface area contributed by atoms with E-state index in [-0.39, 0.29) is 21.5 Å². The Kier molecular flexibility index (Phi) is 12.8. The summed E-state index contributed by atoms with van der Waals surface area (Å²) in [7, 11) is -3.86. The summed E-state index contributed by atoms with van der Waals surface area (Å²) >= 11 is 0. The van der Waals surface area contributed by atoms with Crippen molar-refractivity contribution in [2.75, 3.05) is 13.2 Å². The molecule has 0 aromatic carbocycles. The minimum absolute atomic E-state index is 0.0916. The lowest BCUT2D eigenvalue weighted by atomic mass is 10.1. The van der Waals surface area contributed by atoms with E-state index in [4.69, 9.17) is 28.3 Å². The van der Waals surface area contributed by atoms with E-state index in [9.17, 15) is 9.59 Å². The average molecular weight is 625 g/mol. The SMILES string of the molecule is CC(C)(C)OC(=O)c1nc(CCCO[Si](C)(C)C(C)(C)C)c(C(=O)OC(C)(C)C)nc1CCCO[Si](C)(C)C(C)(C)C. The van der Waals surface area contributed by atoms with Crippen molar-refractivity contribution in [2.24, 2.45) is 0 Å². The van der Waals surface area contributed by atoms with E-state index < -0.39 is 39.8 Å². The predicted octanol–water partition coefficient (Wildman–Crippen LogP) is 8.30. The molecule has 0 aliphatic carbocycles. The second kappa shape index (κ2) is 14.0. The summed E-state index contributed by atoms with van der Waals surface area (Å²) in [6.07, 6.45) is 2.09. The molecule has 0 radical (unpaired) electrons. The van der Waals surface area contributed by atoms with Crippen LogP contribution in [0.5, 0.6) is 0 Å². The fourth-order valence-electron chi connectivity index (χ4n) is 3.40. The summed E-state index contributed by atoms with van der Waals surface area (Å²) in [4.78, 5) is 36.2. The number of hydrogen-bond acceptors (Lipinski definition) is 8. The molecule has 0 aliphatic rings. The van der Waals surface area contributed by atoms with Crippen LogP contribution in [0.4, 0.5) is 0 Å². The first-order valence-electron chi connectivity index (χ1n) is 15.3. The standard InChI is InChI=1S/C32H60N2O6Si2/c1-29(2,3)39-27(35)25-23(19-17-21-37-41(13,14)31(7,8)9)34-26(28(36)40-30(4,5)6)24(33-25)20-18-22-38-42(15,16)32(10,11)12/h17-22H2,1-16H3. The summed E-state index contributed by atoms with van der Waals surface area (Å²) < 4.78 is 24.1. The molecule has 10 heteroatoms. The summed E-state index contributed by atoms with van der Waals surface area (Å²) in [5, 5.41) is 0.183. The highest BCUT2D eigenvalue weighted by Gasteiger charge is 2.38. The molecule has 0 amide bonds. The number of aromatic nitrogens is 2. The summed E-state index contributed by atoms with van der Waals surface area (Å²) in [6.45, 7) is 34.0. The van der Waals surface area contributed by atoms with Gasteiger partial charge in [0.05, 0.1) is 11.4 Å². The minimum Gasteiger partial charge on any atom is -0.455 e. The van der Waals surface area contributed by atoms with E-state index >= 15 is 0 Å². The van der Waals surface area contributed by atoms with Crippen LogP contribution in [0, 0.1) is 0 Å². The van der Waals surface area contributed by atoms with E-state index in [0.717, 1.165) is 0 Å². The van der Waals surface area contributed by atoms with E-state index in [0.29, 0.717) is 50.3 Å². The van der Waals surface area contributed by atoms with E-state index in [1.165, 1.54) is 0 Å². The Balaban J connectivity index is 3.42.